The number of amides is 2. The zero-order chi connectivity index (χ0) is 17.1. The second-order valence-electron chi connectivity index (χ2n) is 5.24. The van der Waals surface area contributed by atoms with Crippen LogP contribution in [0.25, 0.3) is 0 Å². The van der Waals surface area contributed by atoms with Gasteiger partial charge in [-0.25, -0.2) is 13.6 Å². The third-order valence-electron chi connectivity index (χ3n) is 3.73. The summed E-state index contributed by atoms with van der Waals surface area (Å²) in [6.45, 7) is 0.552. The van der Waals surface area contributed by atoms with E-state index < -0.39 is 17.7 Å². The number of nitrogens with one attached hydrogen (secondary N) is 1. The predicted molar refractivity (Wildman–Crippen MR) is 90.3 cm³/mol. The van der Waals surface area contributed by atoms with Crippen molar-refractivity contribution in [2.75, 3.05) is 24.7 Å². The number of rotatable bonds is 3. The van der Waals surface area contributed by atoms with Crippen molar-refractivity contribution >= 4 is 23.5 Å². The highest BCUT2D eigenvalue weighted by atomic mass is 32.2. The highest BCUT2D eigenvalue weighted by Crippen LogP contribution is 2.38. The van der Waals surface area contributed by atoms with Crippen LogP contribution in [0.1, 0.15) is 10.9 Å². The van der Waals surface area contributed by atoms with Gasteiger partial charge in [-0.2, -0.15) is 0 Å². The summed E-state index contributed by atoms with van der Waals surface area (Å²) in [4.78, 5) is 14.1. The van der Waals surface area contributed by atoms with Crippen LogP contribution in [0.4, 0.5) is 19.3 Å². The van der Waals surface area contributed by atoms with Crippen LogP contribution in [-0.2, 0) is 0 Å². The number of carbonyl (C=O) groups is 1. The molecule has 0 aliphatic carbocycles. The standard InChI is InChI=1S/C17H16F2N2O2S/c1-23-13-5-2-11(3-6-13)16-21(8-9-24-16)17(22)20-15-7-4-12(18)10-14(15)19/h2-7,10,16H,8-9H2,1H3,(H,20,22). The lowest BCUT2D eigenvalue weighted by Gasteiger charge is -2.24. The molecule has 2 aromatic carbocycles. The number of methoxy groups -OCH3 is 1. The van der Waals surface area contributed by atoms with E-state index in [1.54, 1.807) is 23.8 Å². The number of hydrogen-bond donors (Lipinski definition) is 1. The van der Waals surface area contributed by atoms with Crippen LogP contribution in [0.5, 0.6) is 5.75 Å². The third kappa shape index (κ3) is 3.46. The number of thioether (sulfide) groups is 1. The van der Waals surface area contributed by atoms with Gasteiger partial charge in [-0.05, 0) is 29.8 Å². The maximum atomic E-state index is 13.7. The summed E-state index contributed by atoms with van der Waals surface area (Å²) in [6, 6.07) is 10.1. The first-order valence-electron chi connectivity index (χ1n) is 7.36. The van der Waals surface area contributed by atoms with Crippen molar-refractivity contribution in [3.05, 3.63) is 59.7 Å². The quantitative estimate of drug-likeness (QED) is 0.900. The van der Waals surface area contributed by atoms with E-state index in [0.717, 1.165) is 29.2 Å². The fraction of sp³-hybridized carbons (Fsp3) is 0.235. The van der Waals surface area contributed by atoms with Crippen molar-refractivity contribution in [3.63, 3.8) is 0 Å². The van der Waals surface area contributed by atoms with Crippen LogP contribution >= 0.6 is 11.8 Å². The first-order chi connectivity index (χ1) is 11.6. The Hall–Kier alpha value is -2.28. The minimum atomic E-state index is -0.795. The van der Waals surface area contributed by atoms with Crippen LogP contribution in [-0.4, -0.2) is 30.3 Å². The molecular weight excluding hydrogens is 334 g/mol. The maximum Gasteiger partial charge on any atom is 0.323 e. The van der Waals surface area contributed by atoms with Crippen molar-refractivity contribution in [3.8, 4) is 5.75 Å². The number of nitrogens with zero attached hydrogens (tertiary/aromatic N) is 1. The minimum absolute atomic E-state index is 0.0354. The van der Waals surface area contributed by atoms with E-state index in [1.165, 1.54) is 6.07 Å². The van der Waals surface area contributed by atoms with E-state index >= 15 is 0 Å². The number of hydrogen-bond acceptors (Lipinski definition) is 3. The lowest BCUT2D eigenvalue weighted by atomic mass is 10.2. The van der Waals surface area contributed by atoms with Gasteiger partial charge in [-0.15, -0.1) is 11.8 Å². The fourth-order valence-electron chi connectivity index (χ4n) is 2.50. The molecule has 0 spiro atoms. The van der Waals surface area contributed by atoms with Crippen molar-refractivity contribution < 1.29 is 18.3 Å². The molecule has 2 aromatic rings. The molecule has 1 atom stereocenters. The predicted octanol–water partition coefficient (Wildman–Crippen LogP) is 4.25. The Morgan fingerprint density at radius 3 is 2.67 bits per heavy atom. The summed E-state index contributed by atoms with van der Waals surface area (Å²) in [5.41, 5.74) is 0.930. The number of carbonyl (C=O) groups excluding carboxylic acids is 1. The van der Waals surface area contributed by atoms with Crippen molar-refractivity contribution in [2.24, 2.45) is 0 Å². The monoisotopic (exact) mass is 350 g/mol. The van der Waals surface area contributed by atoms with E-state index in [2.05, 4.69) is 5.32 Å². The van der Waals surface area contributed by atoms with Gasteiger partial charge in [-0.1, -0.05) is 12.1 Å². The number of benzene rings is 2. The molecule has 1 fully saturated rings. The normalized spacial score (nSPS) is 17.0. The Labute approximate surface area is 142 Å². The third-order valence-corrected chi connectivity index (χ3v) is 4.99. The second-order valence-corrected chi connectivity index (χ2v) is 6.43. The Morgan fingerprint density at radius 1 is 1.25 bits per heavy atom. The second kappa shape index (κ2) is 7.09. The zero-order valence-corrected chi connectivity index (χ0v) is 13.8. The smallest absolute Gasteiger partial charge is 0.323 e. The fourth-order valence-corrected chi connectivity index (χ4v) is 3.76. The Balaban J connectivity index is 1.75. The summed E-state index contributed by atoms with van der Waals surface area (Å²) in [6.07, 6.45) is 0. The molecule has 1 aliphatic rings. The van der Waals surface area contributed by atoms with Crippen LogP contribution in [0.3, 0.4) is 0 Å². The van der Waals surface area contributed by atoms with Gasteiger partial charge in [0.15, 0.2) is 0 Å². The van der Waals surface area contributed by atoms with Gasteiger partial charge in [0.25, 0.3) is 0 Å². The van der Waals surface area contributed by atoms with Crippen molar-refractivity contribution in [1.29, 1.82) is 0 Å². The number of ether oxygens (including phenoxy) is 1. The number of anilines is 1. The molecule has 1 N–H and O–H groups in total. The summed E-state index contributed by atoms with van der Waals surface area (Å²) in [7, 11) is 1.59. The lowest BCUT2D eigenvalue weighted by Crippen LogP contribution is -2.34. The molecule has 0 saturated carbocycles. The summed E-state index contributed by atoms with van der Waals surface area (Å²) in [5, 5.41) is 2.36. The maximum absolute atomic E-state index is 13.7. The highest BCUT2D eigenvalue weighted by molar-refractivity contribution is 7.99. The van der Waals surface area contributed by atoms with Gasteiger partial charge >= 0.3 is 6.03 Å². The molecule has 0 aromatic heterocycles. The average Bonchev–Trinajstić information content (AvgIpc) is 3.07. The SMILES string of the molecule is COc1ccc(C2SCCN2C(=O)Nc2ccc(F)cc2F)cc1. The van der Waals surface area contributed by atoms with E-state index in [0.29, 0.717) is 6.54 Å². The molecule has 126 valence electrons. The largest absolute Gasteiger partial charge is 0.497 e. The topological polar surface area (TPSA) is 41.6 Å². The van der Waals surface area contributed by atoms with Crippen LogP contribution < -0.4 is 10.1 Å². The first-order valence-corrected chi connectivity index (χ1v) is 8.41. The van der Waals surface area contributed by atoms with Gasteiger partial charge < -0.3 is 15.0 Å². The molecule has 1 aliphatic heterocycles. The molecular formula is C17H16F2N2O2S. The molecule has 0 bridgehead atoms. The molecule has 1 heterocycles. The van der Waals surface area contributed by atoms with Crippen molar-refractivity contribution in [1.82, 2.24) is 4.90 Å². The summed E-state index contributed by atoms with van der Waals surface area (Å²) in [5.74, 6) is 0.0522. The van der Waals surface area contributed by atoms with E-state index in [4.69, 9.17) is 4.74 Å². The molecule has 7 heteroatoms. The Kier molecular flexibility index (Phi) is 4.89. The molecule has 0 radical (unpaired) electrons. The van der Waals surface area contributed by atoms with Crippen LogP contribution in [0.2, 0.25) is 0 Å². The Bertz CT molecular complexity index is 740. The van der Waals surface area contributed by atoms with Gasteiger partial charge in [0.05, 0.1) is 12.8 Å². The van der Waals surface area contributed by atoms with Gasteiger partial charge in [-0.3, -0.25) is 0 Å². The van der Waals surface area contributed by atoms with Crippen LogP contribution in [0, 0.1) is 11.6 Å². The molecule has 4 nitrogen and oxygen atoms in total. The lowest BCUT2D eigenvalue weighted by molar-refractivity contribution is 0.214. The summed E-state index contributed by atoms with van der Waals surface area (Å²) < 4.78 is 31.8. The molecule has 1 saturated heterocycles. The van der Waals surface area contributed by atoms with Gasteiger partial charge in [0.1, 0.15) is 22.8 Å². The van der Waals surface area contributed by atoms with E-state index in [-0.39, 0.29) is 11.1 Å². The summed E-state index contributed by atoms with van der Waals surface area (Å²) >= 11 is 1.63. The number of urea groups is 1. The minimum Gasteiger partial charge on any atom is -0.497 e. The van der Waals surface area contributed by atoms with Gasteiger partial charge in [0, 0.05) is 18.4 Å². The van der Waals surface area contributed by atoms with E-state index in [1.807, 2.05) is 24.3 Å². The van der Waals surface area contributed by atoms with Gasteiger partial charge in [0.2, 0.25) is 0 Å². The first kappa shape index (κ1) is 16.6. The molecule has 2 amide bonds. The van der Waals surface area contributed by atoms with Crippen LogP contribution in [0.15, 0.2) is 42.5 Å². The average molecular weight is 350 g/mol. The molecule has 24 heavy (non-hydrogen) atoms. The van der Waals surface area contributed by atoms with E-state index in [9.17, 15) is 13.6 Å². The zero-order valence-electron chi connectivity index (χ0n) is 13.0. The molecule has 1 unspecified atom stereocenters. The van der Waals surface area contributed by atoms with Crippen molar-refractivity contribution in [2.45, 2.75) is 5.37 Å². The highest BCUT2D eigenvalue weighted by Gasteiger charge is 2.31. The number of halogens is 2. The Morgan fingerprint density at radius 2 is 2.00 bits per heavy atom. The molecule has 3 rings (SSSR count).